The lowest BCUT2D eigenvalue weighted by molar-refractivity contribution is -0.126. The van der Waals surface area contributed by atoms with E-state index in [4.69, 9.17) is 0 Å². The number of nitrogens with one attached hydrogen (secondary N) is 1. The number of aromatic nitrogens is 1. The lowest BCUT2D eigenvalue weighted by Gasteiger charge is -2.33. The summed E-state index contributed by atoms with van der Waals surface area (Å²) in [7, 11) is 1.69. The highest BCUT2D eigenvalue weighted by Crippen LogP contribution is 2.37. The van der Waals surface area contributed by atoms with Gasteiger partial charge in [-0.25, -0.2) is 4.98 Å². The second-order valence-corrected chi connectivity index (χ2v) is 7.11. The van der Waals surface area contributed by atoms with Gasteiger partial charge in [0, 0.05) is 37.9 Å². The fourth-order valence-electron chi connectivity index (χ4n) is 4.20. The first-order valence-corrected chi connectivity index (χ1v) is 8.64. The van der Waals surface area contributed by atoms with Crippen LogP contribution < -0.4 is 5.32 Å². The van der Waals surface area contributed by atoms with Gasteiger partial charge in [0.15, 0.2) is 0 Å². The maximum absolute atomic E-state index is 12.7. The second kappa shape index (κ2) is 6.51. The highest BCUT2D eigenvalue weighted by molar-refractivity contribution is 5.92. The number of rotatable bonds is 3. The minimum atomic E-state index is -0.0839. The SMILES string of the molecule is CNC(=O)[C@@H]1C[C@H]2CN(C(=O)c3cccc(C)n3)C[C@H]2N1C(C)C. The third-order valence-electron chi connectivity index (χ3n) is 5.22. The number of fused-ring (bicyclic) bond motifs is 1. The number of carbonyl (C=O) groups excluding carboxylic acids is 2. The van der Waals surface area contributed by atoms with Gasteiger partial charge in [0.1, 0.15) is 5.69 Å². The molecule has 3 rings (SSSR count). The maximum Gasteiger partial charge on any atom is 0.272 e. The van der Waals surface area contributed by atoms with Gasteiger partial charge >= 0.3 is 0 Å². The number of amides is 2. The van der Waals surface area contributed by atoms with Gasteiger partial charge in [0.05, 0.1) is 6.04 Å². The maximum atomic E-state index is 12.7. The van der Waals surface area contributed by atoms with Crippen LogP contribution in [0.3, 0.4) is 0 Å². The van der Waals surface area contributed by atoms with Gasteiger partial charge in [-0.15, -0.1) is 0 Å². The molecule has 2 aliphatic heterocycles. The molecule has 6 heteroatoms. The number of hydrogen-bond acceptors (Lipinski definition) is 4. The largest absolute Gasteiger partial charge is 0.358 e. The molecule has 1 N–H and O–H groups in total. The van der Waals surface area contributed by atoms with Crippen molar-refractivity contribution in [2.75, 3.05) is 20.1 Å². The van der Waals surface area contributed by atoms with Crippen molar-refractivity contribution in [1.82, 2.24) is 20.1 Å². The van der Waals surface area contributed by atoms with Crippen LogP contribution in [0.2, 0.25) is 0 Å². The molecule has 1 aromatic rings. The van der Waals surface area contributed by atoms with Crippen molar-refractivity contribution in [3.8, 4) is 0 Å². The van der Waals surface area contributed by atoms with E-state index in [9.17, 15) is 9.59 Å². The Morgan fingerprint density at radius 2 is 2.04 bits per heavy atom. The first-order valence-electron chi connectivity index (χ1n) is 8.64. The number of likely N-dealkylation sites (tertiary alicyclic amines) is 2. The van der Waals surface area contributed by atoms with Crippen LogP contribution in [0.4, 0.5) is 0 Å². The Morgan fingerprint density at radius 3 is 2.67 bits per heavy atom. The number of hydrogen-bond donors (Lipinski definition) is 1. The molecule has 130 valence electrons. The summed E-state index contributed by atoms with van der Waals surface area (Å²) in [6, 6.07) is 5.98. The van der Waals surface area contributed by atoms with Gasteiger partial charge in [-0.2, -0.15) is 0 Å². The number of carbonyl (C=O) groups is 2. The number of aryl methyl sites for hydroxylation is 1. The van der Waals surface area contributed by atoms with E-state index < -0.39 is 0 Å². The molecule has 0 aliphatic carbocycles. The average molecular weight is 330 g/mol. The van der Waals surface area contributed by atoms with E-state index >= 15 is 0 Å². The zero-order chi connectivity index (χ0) is 17.4. The van der Waals surface area contributed by atoms with Crippen LogP contribution in [0.15, 0.2) is 18.2 Å². The first kappa shape index (κ1) is 16.9. The van der Waals surface area contributed by atoms with Gasteiger partial charge in [-0.05, 0) is 45.2 Å². The van der Waals surface area contributed by atoms with Gasteiger partial charge in [0.2, 0.25) is 5.91 Å². The average Bonchev–Trinajstić information content (AvgIpc) is 3.10. The molecule has 0 aromatic carbocycles. The molecule has 0 bridgehead atoms. The molecule has 3 heterocycles. The van der Waals surface area contributed by atoms with Crippen LogP contribution in [-0.2, 0) is 4.79 Å². The van der Waals surface area contributed by atoms with Crippen LogP contribution in [0, 0.1) is 12.8 Å². The summed E-state index contributed by atoms with van der Waals surface area (Å²) in [5, 5.41) is 2.78. The number of pyridine rings is 1. The third-order valence-corrected chi connectivity index (χ3v) is 5.22. The van der Waals surface area contributed by atoms with E-state index in [1.165, 1.54) is 0 Å². The highest BCUT2D eigenvalue weighted by atomic mass is 16.2. The Bertz CT molecular complexity index is 646. The molecular weight excluding hydrogens is 304 g/mol. The summed E-state index contributed by atoms with van der Waals surface area (Å²) in [5.41, 5.74) is 1.36. The summed E-state index contributed by atoms with van der Waals surface area (Å²) in [6.45, 7) is 7.50. The molecule has 0 radical (unpaired) electrons. The summed E-state index contributed by atoms with van der Waals surface area (Å²) >= 11 is 0. The zero-order valence-corrected chi connectivity index (χ0v) is 14.8. The van der Waals surface area contributed by atoms with Crippen LogP contribution >= 0.6 is 0 Å². The molecule has 2 aliphatic rings. The molecule has 0 spiro atoms. The molecule has 24 heavy (non-hydrogen) atoms. The number of likely N-dealkylation sites (N-methyl/N-ethyl adjacent to an activating group) is 1. The minimum absolute atomic E-state index is 0.00620. The molecule has 2 fully saturated rings. The summed E-state index contributed by atoms with van der Waals surface area (Å²) in [5.74, 6) is 0.424. The smallest absolute Gasteiger partial charge is 0.272 e. The van der Waals surface area contributed by atoms with E-state index in [-0.39, 0.29) is 29.9 Å². The van der Waals surface area contributed by atoms with Crippen LogP contribution in [0.1, 0.15) is 36.5 Å². The Balaban J connectivity index is 1.76. The van der Waals surface area contributed by atoms with Crippen molar-refractivity contribution in [3.63, 3.8) is 0 Å². The fraction of sp³-hybridized carbons (Fsp3) is 0.611. The monoisotopic (exact) mass is 330 g/mol. The molecule has 2 amide bonds. The van der Waals surface area contributed by atoms with Crippen LogP contribution in [0.25, 0.3) is 0 Å². The van der Waals surface area contributed by atoms with E-state index in [0.29, 0.717) is 24.7 Å². The van der Waals surface area contributed by atoms with Crippen molar-refractivity contribution in [1.29, 1.82) is 0 Å². The molecule has 6 nitrogen and oxygen atoms in total. The van der Waals surface area contributed by atoms with Gasteiger partial charge in [-0.3, -0.25) is 14.5 Å². The third kappa shape index (κ3) is 2.90. The minimum Gasteiger partial charge on any atom is -0.358 e. The first-order chi connectivity index (χ1) is 11.4. The normalized spacial score (nSPS) is 26.7. The molecular formula is C18H26N4O2. The Kier molecular flexibility index (Phi) is 4.58. The van der Waals surface area contributed by atoms with Crippen molar-refractivity contribution in [3.05, 3.63) is 29.6 Å². The van der Waals surface area contributed by atoms with Gasteiger partial charge < -0.3 is 10.2 Å². The molecule has 1 aromatic heterocycles. The molecule has 3 atom stereocenters. The Morgan fingerprint density at radius 1 is 1.29 bits per heavy atom. The lowest BCUT2D eigenvalue weighted by Crippen LogP contribution is -2.50. The van der Waals surface area contributed by atoms with E-state index in [1.54, 1.807) is 13.1 Å². The van der Waals surface area contributed by atoms with Crippen molar-refractivity contribution < 1.29 is 9.59 Å². The van der Waals surface area contributed by atoms with Gasteiger partial charge in [-0.1, -0.05) is 6.07 Å². The van der Waals surface area contributed by atoms with Crippen molar-refractivity contribution in [2.24, 2.45) is 5.92 Å². The van der Waals surface area contributed by atoms with Crippen LogP contribution in [0.5, 0.6) is 0 Å². The van der Waals surface area contributed by atoms with E-state index in [1.807, 2.05) is 24.0 Å². The predicted octanol–water partition coefficient (Wildman–Crippen LogP) is 1.06. The Labute approximate surface area is 143 Å². The standard InChI is InChI=1S/C18H26N4O2/c1-11(2)22-15(17(23)19-4)8-13-9-21(10-16(13)22)18(24)14-7-5-6-12(3)20-14/h5-7,11,13,15-16H,8-10H2,1-4H3,(H,19,23)/t13-,15-,16+/m0/s1. The lowest BCUT2D eigenvalue weighted by atomic mass is 10.0. The molecule has 0 saturated carbocycles. The van der Waals surface area contributed by atoms with Crippen molar-refractivity contribution >= 4 is 11.8 Å². The van der Waals surface area contributed by atoms with Crippen molar-refractivity contribution in [2.45, 2.75) is 45.3 Å². The number of nitrogens with zero attached hydrogens (tertiary/aromatic N) is 3. The molecule has 0 unspecified atom stereocenters. The summed E-state index contributed by atoms with van der Waals surface area (Å²) in [6.07, 6.45) is 0.813. The van der Waals surface area contributed by atoms with Gasteiger partial charge in [0.25, 0.3) is 5.91 Å². The Hall–Kier alpha value is -1.95. The summed E-state index contributed by atoms with van der Waals surface area (Å²) in [4.78, 5) is 33.5. The molecule has 2 saturated heterocycles. The quantitative estimate of drug-likeness (QED) is 0.900. The zero-order valence-electron chi connectivity index (χ0n) is 14.8. The van der Waals surface area contributed by atoms with Crippen LogP contribution in [-0.4, -0.2) is 64.9 Å². The summed E-state index contributed by atoms with van der Waals surface area (Å²) < 4.78 is 0. The van der Waals surface area contributed by atoms with E-state index in [2.05, 4.69) is 29.0 Å². The predicted molar refractivity (Wildman–Crippen MR) is 91.6 cm³/mol. The highest BCUT2D eigenvalue weighted by Gasteiger charge is 2.50. The van der Waals surface area contributed by atoms with E-state index in [0.717, 1.165) is 12.1 Å². The second-order valence-electron chi connectivity index (χ2n) is 7.11. The fourth-order valence-corrected chi connectivity index (χ4v) is 4.20. The topological polar surface area (TPSA) is 65.5 Å².